The number of hydrogen-bond donors (Lipinski definition) is 1. The molecule has 3 rings (SSSR count). The molecule has 2 aromatic heterocycles. The number of aryl methyl sites for hydroxylation is 3. The molecule has 3 aromatic rings. The zero-order valence-corrected chi connectivity index (χ0v) is 13.9. The Kier molecular flexibility index (Phi) is 4.74. The Morgan fingerprint density at radius 2 is 2.00 bits per heavy atom. The van der Waals surface area contributed by atoms with Gasteiger partial charge in [-0.2, -0.15) is 10.2 Å². The van der Waals surface area contributed by atoms with E-state index < -0.39 is 0 Å². The van der Waals surface area contributed by atoms with Crippen molar-refractivity contribution in [1.29, 1.82) is 0 Å². The Bertz CT molecular complexity index is 819. The zero-order chi connectivity index (χ0) is 16.9. The van der Waals surface area contributed by atoms with E-state index in [-0.39, 0.29) is 5.91 Å². The van der Waals surface area contributed by atoms with Crippen LogP contribution in [0.1, 0.15) is 23.4 Å². The minimum absolute atomic E-state index is 0.00927. The summed E-state index contributed by atoms with van der Waals surface area (Å²) in [7, 11) is 0. The molecule has 6 nitrogen and oxygen atoms in total. The predicted octanol–water partition coefficient (Wildman–Crippen LogP) is 2.39. The molecule has 0 fully saturated rings. The van der Waals surface area contributed by atoms with Gasteiger partial charge < -0.3 is 5.32 Å². The average molecular weight is 323 g/mol. The maximum atomic E-state index is 12.0. The fourth-order valence-electron chi connectivity index (χ4n) is 2.57. The van der Waals surface area contributed by atoms with Gasteiger partial charge in [-0.25, -0.2) is 4.68 Å². The summed E-state index contributed by atoms with van der Waals surface area (Å²) in [6.07, 6.45) is 4.11. The number of amides is 1. The number of nitrogens with one attached hydrogen (secondary N) is 1. The van der Waals surface area contributed by atoms with Gasteiger partial charge >= 0.3 is 0 Å². The number of carbonyl (C=O) groups excluding carboxylic acids is 1. The van der Waals surface area contributed by atoms with E-state index in [1.54, 1.807) is 10.9 Å². The van der Waals surface area contributed by atoms with Crippen LogP contribution in [0.5, 0.6) is 0 Å². The van der Waals surface area contributed by atoms with Crippen molar-refractivity contribution in [2.45, 2.75) is 33.4 Å². The molecular weight excluding hydrogens is 302 g/mol. The summed E-state index contributed by atoms with van der Waals surface area (Å²) >= 11 is 0. The van der Waals surface area contributed by atoms with E-state index >= 15 is 0 Å². The first kappa shape index (κ1) is 16.0. The highest BCUT2D eigenvalue weighted by molar-refractivity contribution is 5.75. The van der Waals surface area contributed by atoms with Gasteiger partial charge in [0.05, 0.1) is 17.6 Å². The summed E-state index contributed by atoms with van der Waals surface area (Å²) in [5.74, 6) is 0.00927. The summed E-state index contributed by atoms with van der Waals surface area (Å²) in [5.41, 5.74) is 4.02. The van der Waals surface area contributed by atoms with Crippen LogP contribution >= 0.6 is 0 Å². The molecule has 0 saturated carbocycles. The predicted molar refractivity (Wildman–Crippen MR) is 91.7 cm³/mol. The standard InChI is InChI=1S/C18H21N5O/c1-14-10-15(2)22(21-14)9-8-18(24)19-11-16-12-20-23(13-16)17-6-4-3-5-7-17/h3-7,10,12-13H,8-9,11H2,1-2H3,(H,19,24). The molecule has 24 heavy (non-hydrogen) atoms. The Morgan fingerprint density at radius 1 is 1.21 bits per heavy atom. The largest absolute Gasteiger partial charge is 0.352 e. The van der Waals surface area contributed by atoms with Crippen molar-refractivity contribution >= 4 is 5.91 Å². The molecule has 1 aromatic carbocycles. The highest BCUT2D eigenvalue weighted by Gasteiger charge is 2.06. The third kappa shape index (κ3) is 3.90. The van der Waals surface area contributed by atoms with Gasteiger partial charge in [0, 0.05) is 37.0 Å². The molecule has 0 atom stereocenters. The maximum Gasteiger partial charge on any atom is 0.222 e. The molecule has 2 heterocycles. The normalized spacial score (nSPS) is 10.8. The quantitative estimate of drug-likeness (QED) is 0.757. The highest BCUT2D eigenvalue weighted by atomic mass is 16.1. The van der Waals surface area contributed by atoms with Crippen molar-refractivity contribution in [1.82, 2.24) is 24.9 Å². The van der Waals surface area contributed by atoms with E-state index in [0.29, 0.717) is 19.5 Å². The van der Waals surface area contributed by atoms with E-state index in [1.165, 1.54) is 0 Å². The molecule has 0 aliphatic carbocycles. The number of carbonyl (C=O) groups is 1. The van der Waals surface area contributed by atoms with E-state index in [9.17, 15) is 4.79 Å². The van der Waals surface area contributed by atoms with Crippen molar-refractivity contribution in [3.8, 4) is 5.69 Å². The Hall–Kier alpha value is -2.89. The van der Waals surface area contributed by atoms with Gasteiger partial charge in [-0.3, -0.25) is 9.48 Å². The van der Waals surface area contributed by atoms with Gasteiger partial charge in [0.2, 0.25) is 5.91 Å². The Balaban J connectivity index is 1.50. The van der Waals surface area contributed by atoms with E-state index in [1.807, 2.05) is 61.1 Å². The first-order valence-electron chi connectivity index (χ1n) is 7.98. The van der Waals surface area contributed by atoms with Crippen LogP contribution in [-0.4, -0.2) is 25.5 Å². The van der Waals surface area contributed by atoms with Gasteiger partial charge in [0.15, 0.2) is 0 Å². The third-order valence-corrected chi connectivity index (χ3v) is 3.80. The second kappa shape index (κ2) is 7.12. The molecular formula is C18H21N5O. The summed E-state index contributed by atoms with van der Waals surface area (Å²) in [6.45, 7) is 5.02. The van der Waals surface area contributed by atoms with Gasteiger partial charge in [-0.05, 0) is 32.0 Å². The summed E-state index contributed by atoms with van der Waals surface area (Å²) in [5, 5.41) is 11.6. The molecule has 0 radical (unpaired) electrons. The van der Waals surface area contributed by atoms with Crippen LogP contribution in [0.3, 0.4) is 0 Å². The topological polar surface area (TPSA) is 64.7 Å². The molecule has 0 bridgehead atoms. The van der Waals surface area contributed by atoms with Gasteiger partial charge in [0.1, 0.15) is 0 Å². The van der Waals surface area contributed by atoms with Crippen LogP contribution in [0.25, 0.3) is 5.69 Å². The number of aromatic nitrogens is 4. The third-order valence-electron chi connectivity index (χ3n) is 3.80. The van der Waals surface area contributed by atoms with Crippen LogP contribution in [0, 0.1) is 13.8 Å². The van der Waals surface area contributed by atoms with E-state index in [0.717, 1.165) is 22.6 Å². The monoisotopic (exact) mass is 323 g/mol. The lowest BCUT2D eigenvalue weighted by atomic mass is 10.3. The van der Waals surface area contributed by atoms with E-state index in [2.05, 4.69) is 15.5 Å². The SMILES string of the molecule is Cc1cc(C)n(CCC(=O)NCc2cnn(-c3ccccc3)c2)n1. The lowest BCUT2D eigenvalue weighted by molar-refractivity contribution is -0.121. The molecule has 0 unspecified atom stereocenters. The average Bonchev–Trinajstić information content (AvgIpc) is 3.18. The smallest absolute Gasteiger partial charge is 0.222 e. The van der Waals surface area contributed by atoms with Crippen molar-refractivity contribution < 1.29 is 4.79 Å². The van der Waals surface area contributed by atoms with Crippen LogP contribution in [-0.2, 0) is 17.9 Å². The number of hydrogen-bond acceptors (Lipinski definition) is 3. The maximum absolute atomic E-state index is 12.0. The van der Waals surface area contributed by atoms with Gasteiger partial charge in [-0.1, -0.05) is 18.2 Å². The van der Waals surface area contributed by atoms with E-state index in [4.69, 9.17) is 0 Å². The molecule has 0 spiro atoms. The molecule has 0 saturated heterocycles. The Labute approximate surface area is 141 Å². The molecule has 124 valence electrons. The summed E-state index contributed by atoms with van der Waals surface area (Å²) < 4.78 is 3.67. The fraction of sp³-hybridized carbons (Fsp3) is 0.278. The summed E-state index contributed by atoms with van der Waals surface area (Å²) in [6, 6.07) is 11.9. The van der Waals surface area contributed by atoms with Crippen LogP contribution in [0.15, 0.2) is 48.8 Å². The number of benzene rings is 1. The molecule has 1 N–H and O–H groups in total. The second-order valence-corrected chi connectivity index (χ2v) is 5.81. The zero-order valence-electron chi connectivity index (χ0n) is 13.9. The summed E-state index contributed by atoms with van der Waals surface area (Å²) in [4.78, 5) is 12.0. The first-order chi connectivity index (χ1) is 11.6. The van der Waals surface area contributed by atoms with Crippen LogP contribution in [0.4, 0.5) is 0 Å². The van der Waals surface area contributed by atoms with Crippen LogP contribution < -0.4 is 5.32 Å². The molecule has 0 aliphatic heterocycles. The van der Waals surface area contributed by atoms with Crippen LogP contribution in [0.2, 0.25) is 0 Å². The lowest BCUT2D eigenvalue weighted by Gasteiger charge is -2.05. The first-order valence-corrected chi connectivity index (χ1v) is 7.98. The highest BCUT2D eigenvalue weighted by Crippen LogP contribution is 2.07. The fourth-order valence-corrected chi connectivity index (χ4v) is 2.57. The lowest BCUT2D eigenvalue weighted by Crippen LogP contribution is -2.24. The van der Waals surface area contributed by atoms with Gasteiger partial charge in [-0.15, -0.1) is 0 Å². The minimum atomic E-state index is 0.00927. The van der Waals surface area contributed by atoms with Gasteiger partial charge in [0.25, 0.3) is 0 Å². The number of para-hydroxylation sites is 1. The molecule has 0 aliphatic rings. The molecule has 6 heteroatoms. The Morgan fingerprint density at radius 3 is 2.71 bits per heavy atom. The molecule has 1 amide bonds. The number of rotatable bonds is 6. The minimum Gasteiger partial charge on any atom is -0.352 e. The van der Waals surface area contributed by atoms with Crippen molar-refractivity contribution in [2.24, 2.45) is 0 Å². The number of nitrogens with zero attached hydrogens (tertiary/aromatic N) is 4. The van der Waals surface area contributed by atoms with Crippen molar-refractivity contribution in [2.75, 3.05) is 0 Å². The second-order valence-electron chi connectivity index (χ2n) is 5.81. The van der Waals surface area contributed by atoms with Crippen molar-refractivity contribution in [3.05, 3.63) is 65.7 Å². The van der Waals surface area contributed by atoms with Crippen molar-refractivity contribution in [3.63, 3.8) is 0 Å².